The van der Waals surface area contributed by atoms with Crippen molar-refractivity contribution in [3.63, 3.8) is 0 Å². The Hall–Kier alpha value is -3.80. The van der Waals surface area contributed by atoms with Gasteiger partial charge in [0.1, 0.15) is 18.1 Å². The monoisotopic (exact) mass is 430 g/mol. The van der Waals surface area contributed by atoms with Crippen LogP contribution in [0, 0.1) is 12.8 Å². The van der Waals surface area contributed by atoms with Gasteiger partial charge in [0.05, 0.1) is 18.7 Å². The SMILES string of the molecule is COc1cccc(N2CC(C(=O)Nc3ccc(C)cc3OCc3ccccc3)CC2=O)c1. The van der Waals surface area contributed by atoms with Crippen LogP contribution < -0.4 is 19.7 Å². The number of aryl methyl sites for hydroxylation is 1. The molecule has 0 bridgehead atoms. The zero-order chi connectivity index (χ0) is 22.5. The molecule has 4 rings (SSSR count). The second-order valence-corrected chi connectivity index (χ2v) is 7.87. The summed E-state index contributed by atoms with van der Waals surface area (Å²) in [5, 5.41) is 2.96. The van der Waals surface area contributed by atoms with Gasteiger partial charge in [-0.2, -0.15) is 0 Å². The number of methoxy groups -OCH3 is 1. The summed E-state index contributed by atoms with van der Waals surface area (Å²) in [6.45, 7) is 2.70. The first-order chi connectivity index (χ1) is 15.5. The lowest BCUT2D eigenvalue weighted by molar-refractivity contribution is -0.122. The van der Waals surface area contributed by atoms with Gasteiger partial charge in [0, 0.05) is 24.7 Å². The summed E-state index contributed by atoms with van der Waals surface area (Å²) in [4.78, 5) is 27.2. The fourth-order valence-electron chi connectivity index (χ4n) is 3.73. The Labute approximate surface area is 187 Å². The van der Waals surface area contributed by atoms with Crippen LogP contribution in [0.2, 0.25) is 0 Å². The van der Waals surface area contributed by atoms with Crippen molar-refractivity contribution in [2.75, 3.05) is 23.9 Å². The van der Waals surface area contributed by atoms with Gasteiger partial charge in [-0.1, -0.05) is 42.5 Å². The molecule has 1 saturated heterocycles. The Morgan fingerprint density at radius 1 is 1.06 bits per heavy atom. The number of benzene rings is 3. The molecule has 2 amide bonds. The first-order valence-corrected chi connectivity index (χ1v) is 10.6. The number of carbonyl (C=O) groups excluding carboxylic acids is 2. The Morgan fingerprint density at radius 2 is 1.88 bits per heavy atom. The van der Waals surface area contributed by atoms with E-state index in [1.54, 1.807) is 18.1 Å². The van der Waals surface area contributed by atoms with Gasteiger partial charge >= 0.3 is 0 Å². The van der Waals surface area contributed by atoms with E-state index in [-0.39, 0.29) is 18.2 Å². The van der Waals surface area contributed by atoms with E-state index in [2.05, 4.69) is 5.32 Å². The van der Waals surface area contributed by atoms with E-state index < -0.39 is 5.92 Å². The number of amides is 2. The fraction of sp³-hybridized carbons (Fsp3) is 0.231. The van der Waals surface area contributed by atoms with E-state index in [4.69, 9.17) is 9.47 Å². The van der Waals surface area contributed by atoms with Gasteiger partial charge in [-0.05, 0) is 42.3 Å². The van der Waals surface area contributed by atoms with Crippen LogP contribution in [-0.4, -0.2) is 25.5 Å². The summed E-state index contributed by atoms with van der Waals surface area (Å²) in [7, 11) is 1.58. The Balaban J connectivity index is 1.45. The Bertz CT molecular complexity index is 1110. The third-order valence-corrected chi connectivity index (χ3v) is 5.49. The van der Waals surface area contributed by atoms with Gasteiger partial charge in [0.25, 0.3) is 0 Å². The zero-order valence-electron chi connectivity index (χ0n) is 18.2. The molecule has 3 aromatic rings. The molecule has 1 aliphatic heterocycles. The lowest BCUT2D eigenvalue weighted by Crippen LogP contribution is -2.28. The summed E-state index contributed by atoms with van der Waals surface area (Å²) in [6, 6.07) is 22.8. The van der Waals surface area contributed by atoms with Crippen LogP contribution in [0.25, 0.3) is 0 Å². The minimum Gasteiger partial charge on any atom is -0.497 e. The minimum atomic E-state index is -0.447. The smallest absolute Gasteiger partial charge is 0.229 e. The third kappa shape index (κ3) is 4.91. The molecule has 1 aliphatic rings. The van der Waals surface area contributed by atoms with Crippen molar-refractivity contribution in [2.45, 2.75) is 20.0 Å². The molecule has 6 nitrogen and oxygen atoms in total. The van der Waals surface area contributed by atoms with Crippen molar-refractivity contribution >= 4 is 23.2 Å². The number of carbonyl (C=O) groups is 2. The van der Waals surface area contributed by atoms with Crippen molar-refractivity contribution < 1.29 is 19.1 Å². The average Bonchev–Trinajstić information content (AvgIpc) is 3.21. The van der Waals surface area contributed by atoms with Gasteiger partial charge in [-0.15, -0.1) is 0 Å². The van der Waals surface area contributed by atoms with E-state index in [9.17, 15) is 9.59 Å². The number of hydrogen-bond acceptors (Lipinski definition) is 4. The molecule has 0 aliphatic carbocycles. The maximum atomic E-state index is 13.0. The van der Waals surface area contributed by atoms with E-state index >= 15 is 0 Å². The molecule has 0 radical (unpaired) electrons. The van der Waals surface area contributed by atoms with Gasteiger partial charge < -0.3 is 19.7 Å². The topological polar surface area (TPSA) is 67.9 Å². The average molecular weight is 431 g/mol. The molecule has 6 heteroatoms. The summed E-state index contributed by atoms with van der Waals surface area (Å²) in [6.07, 6.45) is 0.162. The Kier molecular flexibility index (Phi) is 6.40. The van der Waals surface area contributed by atoms with Crippen molar-refractivity contribution in [1.29, 1.82) is 0 Å². The van der Waals surface area contributed by atoms with Crippen LogP contribution in [0.3, 0.4) is 0 Å². The van der Waals surface area contributed by atoms with Crippen LogP contribution in [0.15, 0.2) is 72.8 Å². The van der Waals surface area contributed by atoms with Crippen molar-refractivity contribution in [3.05, 3.63) is 83.9 Å². The second kappa shape index (κ2) is 9.56. The molecule has 0 aromatic heterocycles. The van der Waals surface area contributed by atoms with Crippen LogP contribution in [-0.2, 0) is 16.2 Å². The van der Waals surface area contributed by atoms with E-state index in [1.807, 2.05) is 73.7 Å². The molecule has 32 heavy (non-hydrogen) atoms. The normalized spacial score (nSPS) is 15.5. The van der Waals surface area contributed by atoms with E-state index in [0.29, 0.717) is 30.3 Å². The van der Waals surface area contributed by atoms with Crippen LogP contribution in [0.5, 0.6) is 11.5 Å². The number of anilines is 2. The molecule has 1 fully saturated rings. The number of rotatable bonds is 7. The quantitative estimate of drug-likeness (QED) is 0.596. The molecule has 0 saturated carbocycles. The molecule has 164 valence electrons. The predicted molar refractivity (Wildman–Crippen MR) is 124 cm³/mol. The van der Waals surface area contributed by atoms with Gasteiger partial charge in [0.2, 0.25) is 11.8 Å². The highest BCUT2D eigenvalue weighted by atomic mass is 16.5. The largest absolute Gasteiger partial charge is 0.497 e. The summed E-state index contributed by atoms with van der Waals surface area (Å²) in [5.41, 5.74) is 3.41. The first-order valence-electron chi connectivity index (χ1n) is 10.6. The molecular formula is C26H26N2O4. The van der Waals surface area contributed by atoms with Crippen molar-refractivity contribution in [2.24, 2.45) is 5.92 Å². The lowest BCUT2D eigenvalue weighted by Gasteiger charge is -2.18. The minimum absolute atomic E-state index is 0.0807. The molecule has 0 spiro atoms. The fourth-order valence-corrected chi connectivity index (χ4v) is 3.73. The number of nitrogens with one attached hydrogen (secondary N) is 1. The highest BCUT2D eigenvalue weighted by molar-refractivity contribution is 6.04. The lowest BCUT2D eigenvalue weighted by atomic mass is 10.1. The van der Waals surface area contributed by atoms with Crippen LogP contribution in [0.1, 0.15) is 17.5 Å². The summed E-state index contributed by atoms with van der Waals surface area (Å²) in [5.74, 6) is 0.552. The van der Waals surface area contributed by atoms with Gasteiger partial charge in [0.15, 0.2) is 0 Å². The number of hydrogen-bond donors (Lipinski definition) is 1. The molecule has 1 heterocycles. The highest BCUT2D eigenvalue weighted by Gasteiger charge is 2.35. The molecule has 1 unspecified atom stereocenters. The number of ether oxygens (including phenoxy) is 2. The summed E-state index contributed by atoms with van der Waals surface area (Å²) < 4.78 is 11.2. The van der Waals surface area contributed by atoms with Crippen molar-refractivity contribution in [1.82, 2.24) is 0 Å². The Morgan fingerprint density at radius 3 is 2.66 bits per heavy atom. The number of nitrogens with zero attached hydrogens (tertiary/aromatic N) is 1. The second-order valence-electron chi connectivity index (χ2n) is 7.87. The predicted octanol–water partition coefficient (Wildman–Crippen LogP) is 4.57. The maximum absolute atomic E-state index is 13.0. The third-order valence-electron chi connectivity index (χ3n) is 5.49. The highest BCUT2D eigenvalue weighted by Crippen LogP contribution is 2.31. The first kappa shape index (κ1) is 21.4. The van der Waals surface area contributed by atoms with Crippen LogP contribution in [0.4, 0.5) is 11.4 Å². The molecule has 1 N–H and O–H groups in total. The maximum Gasteiger partial charge on any atom is 0.229 e. The standard InChI is InChI=1S/C26H26N2O4/c1-18-11-12-23(24(13-18)32-17-19-7-4-3-5-8-19)27-26(30)20-14-25(29)28(16-20)21-9-6-10-22(15-21)31-2/h3-13,15,20H,14,16-17H2,1-2H3,(H,27,30). The van der Waals surface area contributed by atoms with Crippen LogP contribution >= 0.6 is 0 Å². The van der Waals surface area contributed by atoms with E-state index in [1.165, 1.54) is 0 Å². The van der Waals surface area contributed by atoms with Gasteiger partial charge in [-0.3, -0.25) is 9.59 Å². The molecule has 3 aromatic carbocycles. The van der Waals surface area contributed by atoms with Crippen molar-refractivity contribution in [3.8, 4) is 11.5 Å². The van der Waals surface area contributed by atoms with Gasteiger partial charge in [-0.25, -0.2) is 0 Å². The summed E-state index contributed by atoms with van der Waals surface area (Å²) >= 11 is 0. The van der Waals surface area contributed by atoms with E-state index in [0.717, 1.165) is 16.8 Å². The molecular weight excluding hydrogens is 404 g/mol. The zero-order valence-corrected chi connectivity index (χ0v) is 18.2. The molecule has 1 atom stereocenters.